The van der Waals surface area contributed by atoms with E-state index in [1.165, 1.54) is 18.1 Å². The molecule has 1 aliphatic heterocycles. The summed E-state index contributed by atoms with van der Waals surface area (Å²) in [6.45, 7) is 8.68. The van der Waals surface area contributed by atoms with Crippen LogP contribution in [0.25, 0.3) is 27.6 Å². The van der Waals surface area contributed by atoms with Crippen molar-refractivity contribution in [3.05, 3.63) is 87.5 Å². The SMILES string of the molecule is C=C(/C=C\C=C/C)n1c(C2CCCN2c2nc(SC)nc3[nH]cnc(=O)c23)nc2cccc(C)c2c1=O. The number of H-pyrrole nitrogens is 1. The first-order valence-corrected chi connectivity index (χ1v) is 13.2. The summed E-state index contributed by atoms with van der Waals surface area (Å²) >= 11 is 1.39. The molecule has 0 bridgehead atoms. The van der Waals surface area contributed by atoms with Gasteiger partial charge in [0.2, 0.25) is 0 Å². The molecule has 37 heavy (non-hydrogen) atoms. The number of nitrogens with zero attached hydrogens (tertiary/aromatic N) is 6. The van der Waals surface area contributed by atoms with Gasteiger partial charge in [0.05, 0.1) is 23.3 Å². The predicted molar refractivity (Wildman–Crippen MR) is 149 cm³/mol. The molecule has 10 heteroatoms. The smallest absolute Gasteiger partial charge is 0.285 e. The van der Waals surface area contributed by atoms with Crippen LogP contribution in [0, 0.1) is 6.92 Å². The summed E-state index contributed by atoms with van der Waals surface area (Å²) < 4.78 is 1.60. The highest BCUT2D eigenvalue weighted by molar-refractivity contribution is 7.98. The molecule has 0 aliphatic carbocycles. The normalized spacial score (nSPS) is 16.1. The fourth-order valence-electron chi connectivity index (χ4n) is 4.80. The Morgan fingerprint density at radius 1 is 1.19 bits per heavy atom. The molecule has 0 saturated carbocycles. The van der Waals surface area contributed by atoms with Crippen LogP contribution in [0.15, 0.2) is 70.2 Å². The predicted octanol–water partition coefficient (Wildman–Crippen LogP) is 4.40. The molecule has 188 valence electrons. The minimum Gasteiger partial charge on any atom is -0.346 e. The van der Waals surface area contributed by atoms with Gasteiger partial charge in [0.25, 0.3) is 11.1 Å². The average molecular weight is 514 g/mol. The van der Waals surface area contributed by atoms with Crippen molar-refractivity contribution in [1.29, 1.82) is 0 Å². The summed E-state index contributed by atoms with van der Waals surface area (Å²) in [7, 11) is 0. The fraction of sp³-hybridized carbons (Fsp3) is 0.259. The molecular formula is C27H27N7O2S. The van der Waals surface area contributed by atoms with Gasteiger partial charge < -0.3 is 9.88 Å². The van der Waals surface area contributed by atoms with Crippen LogP contribution in [-0.4, -0.2) is 42.3 Å². The summed E-state index contributed by atoms with van der Waals surface area (Å²) in [4.78, 5) is 49.9. The number of thioether (sulfide) groups is 1. The van der Waals surface area contributed by atoms with Crippen molar-refractivity contribution in [2.24, 2.45) is 0 Å². The topological polar surface area (TPSA) is 110 Å². The maximum Gasteiger partial charge on any atom is 0.285 e. The molecule has 0 amide bonds. The second-order valence-corrected chi connectivity index (χ2v) is 9.55. The van der Waals surface area contributed by atoms with Gasteiger partial charge in [0, 0.05) is 12.2 Å². The molecule has 0 spiro atoms. The quantitative estimate of drug-likeness (QED) is 0.230. The second kappa shape index (κ2) is 10.1. The number of fused-ring (bicyclic) bond motifs is 2. The zero-order valence-corrected chi connectivity index (χ0v) is 21.7. The van der Waals surface area contributed by atoms with E-state index in [2.05, 4.69) is 21.5 Å². The lowest BCUT2D eigenvalue weighted by Gasteiger charge is -2.28. The third-order valence-corrected chi connectivity index (χ3v) is 7.03. The molecule has 1 fully saturated rings. The lowest BCUT2D eigenvalue weighted by molar-refractivity contribution is 0.637. The van der Waals surface area contributed by atoms with Crippen molar-refractivity contribution in [3.63, 3.8) is 0 Å². The van der Waals surface area contributed by atoms with Crippen molar-refractivity contribution in [2.45, 2.75) is 37.9 Å². The highest BCUT2D eigenvalue weighted by Crippen LogP contribution is 2.37. The molecular weight excluding hydrogens is 486 g/mol. The number of nitrogens with one attached hydrogen (secondary N) is 1. The van der Waals surface area contributed by atoms with Crippen LogP contribution in [-0.2, 0) is 0 Å². The molecule has 9 nitrogen and oxygen atoms in total. The number of aromatic nitrogens is 6. The van der Waals surface area contributed by atoms with Crippen molar-refractivity contribution in [3.8, 4) is 0 Å². The molecule has 1 aromatic carbocycles. The van der Waals surface area contributed by atoms with E-state index in [-0.39, 0.29) is 11.6 Å². The maximum absolute atomic E-state index is 13.9. The molecule has 1 saturated heterocycles. The minimum absolute atomic E-state index is 0.169. The van der Waals surface area contributed by atoms with E-state index in [1.54, 1.807) is 10.6 Å². The van der Waals surface area contributed by atoms with Crippen LogP contribution in [0.2, 0.25) is 0 Å². The van der Waals surface area contributed by atoms with Crippen molar-refractivity contribution >= 4 is 45.2 Å². The molecule has 0 radical (unpaired) electrons. The van der Waals surface area contributed by atoms with Crippen LogP contribution >= 0.6 is 11.8 Å². The van der Waals surface area contributed by atoms with E-state index in [9.17, 15) is 9.59 Å². The van der Waals surface area contributed by atoms with Gasteiger partial charge in [0.15, 0.2) is 10.8 Å². The fourth-order valence-corrected chi connectivity index (χ4v) is 5.16. The number of rotatable bonds is 6. The third kappa shape index (κ3) is 4.37. The average Bonchev–Trinajstić information content (AvgIpc) is 3.38. The Balaban J connectivity index is 1.76. The molecule has 5 rings (SSSR count). The molecule has 4 heterocycles. The summed E-state index contributed by atoms with van der Waals surface area (Å²) in [6.07, 6.45) is 12.2. The summed E-state index contributed by atoms with van der Waals surface area (Å²) in [5.41, 5.74) is 1.85. The van der Waals surface area contributed by atoms with Gasteiger partial charge in [-0.25, -0.2) is 15.0 Å². The summed E-state index contributed by atoms with van der Waals surface area (Å²) in [5.74, 6) is 1.06. The van der Waals surface area contributed by atoms with E-state index in [0.29, 0.717) is 51.0 Å². The van der Waals surface area contributed by atoms with Gasteiger partial charge in [-0.15, -0.1) is 0 Å². The Morgan fingerprint density at radius 3 is 2.81 bits per heavy atom. The van der Waals surface area contributed by atoms with Crippen LogP contribution in [0.4, 0.5) is 5.82 Å². The van der Waals surface area contributed by atoms with E-state index in [1.807, 2.05) is 61.4 Å². The number of aromatic amines is 1. The number of allylic oxidation sites excluding steroid dienone is 5. The Bertz CT molecular complexity index is 1700. The zero-order chi connectivity index (χ0) is 26.1. The van der Waals surface area contributed by atoms with E-state index in [0.717, 1.165) is 18.4 Å². The van der Waals surface area contributed by atoms with Gasteiger partial charge in [-0.05, 0) is 50.7 Å². The van der Waals surface area contributed by atoms with Crippen LogP contribution < -0.4 is 16.0 Å². The Kier molecular flexibility index (Phi) is 6.75. The first-order valence-electron chi connectivity index (χ1n) is 12.0. The minimum atomic E-state index is -0.403. The summed E-state index contributed by atoms with van der Waals surface area (Å²) in [5, 5.41) is 1.42. The van der Waals surface area contributed by atoms with Crippen molar-refractivity contribution < 1.29 is 0 Å². The second-order valence-electron chi connectivity index (χ2n) is 8.77. The first kappa shape index (κ1) is 24.6. The molecule has 1 aliphatic rings. The van der Waals surface area contributed by atoms with E-state index < -0.39 is 5.56 Å². The Morgan fingerprint density at radius 2 is 2.03 bits per heavy atom. The van der Waals surface area contributed by atoms with Gasteiger partial charge >= 0.3 is 0 Å². The van der Waals surface area contributed by atoms with Gasteiger partial charge in [0.1, 0.15) is 17.0 Å². The molecule has 1 unspecified atom stereocenters. The monoisotopic (exact) mass is 513 g/mol. The number of hydrogen-bond donors (Lipinski definition) is 1. The molecule has 1 N–H and O–H groups in total. The highest BCUT2D eigenvalue weighted by Gasteiger charge is 2.34. The van der Waals surface area contributed by atoms with Gasteiger partial charge in [-0.1, -0.05) is 48.7 Å². The lowest BCUT2D eigenvalue weighted by Crippen LogP contribution is -2.33. The molecule has 1 atom stereocenters. The summed E-state index contributed by atoms with van der Waals surface area (Å²) in [6, 6.07) is 5.36. The van der Waals surface area contributed by atoms with E-state index >= 15 is 0 Å². The van der Waals surface area contributed by atoms with Gasteiger partial charge in [-0.2, -0.15) is 4.98 Å². The number of anilines is 1. The number of benzene rings is 1. The van der Waals surface area contributed by atoms with Crippen LogP contribution in [0.5, 0.6) is 0 Å². The number of hydrogen-bond acceptors (Lipinski definition) is 8. The van der Waals surface area contributed by atoms with Crippen molar-refractivity contribution in [2.75, 3.05) is 17.7 Å². The molecule has 4 aromatic rings. The standard InChI is InChI=1S/C27H27N7O2S/c1-5-6-7-11-17(3)34-23(30-18-12-8-10-16(2)20(18)26(34)36)19-13-9-14-33(19)24-21-22(28-15-29-25(21)35)31-27(32-24)37-4/h5-8,10-12,15,19H,3,9,13-14H2,1-2,4H3,(H,28,29,31,32,35)/b6-5-,11-7-. The van der Waals surface area contributed by atoms with Gasteiger partial charge in [-0.3, -0.25) is 14.2 Å². The highest BCUT2D eigenvalue weighted by atomic mass is 32.2. The van der Waals surface area contributed by atoms with Crippen LogP contribution in [0.1, 0.15) is 37.2 Å². The zero-order valence-electron chi connectivity index (χ0n) is 20.9. The Labute approximate surface area is 217 Å². The molecule has 3 aromatic heterocycles. The van der Waals surface area contributed by atoms with Crippen molar-refractivity contribution in [1.82, 2.24) is 29.5 Å². The third-order valence-electron chi connectivity index (χ3n) is 6.48. The Hall–Kier alpha value is -4.05. The van der Waals surface area contributed by atoms with Crippen LogP contribution in [0.3, 0.4) is 0 Å². The van der Waals surface area contributed by atoms with E-state index in [4.69, 9.17) is 9.97 Å². The largest absolute Gasteiger partial charge is 0.346 e. The number of aryl methyl sites for hydroxylation is 1. The first-order chi connectivity index (χ1) is 17.9. The lowest BCUT2D eigenvalue weighted by atomic mass is 10.1. The maximum atomic E-state index is 13.9.